The van der Waals surface area contributed by atoms with Gasteiger partial charge in [0.2, 0.25) is 5.91 Å². The average Bonchev–Trinajstić information content (AvgIpc) is 2.76. The highest BCUT2D eigenvalue weighted by atomic mass is 16.2. The third kappa shape index (κ3) is 2.32. The van der Waals surface area contributed by atoms with Gasteiger partial charge < -0.3 is 10.6 Å². The minimum absolute atomic E-state index is 0.0340. The molecule has 1 amide bonds. The van der Waals surface area contributed by atoms with Gasteiger partial charge in [0.25, 0.3) is 0 Å². The smallest absolute Gasteiger partial charge is 0.246 e. The molecule has 0 saturated carbocycles. The fraction of sp³-hybridized carbons (Fsp3) is 0.333. The number of hydrogen-bond acceptors (Lipinski definition) is 3. The largest absolute Gasteiger partial charge is 0.322 e. The van der Waals surface area contributed by atoms with Gasteiger partial charge in [-0.25, -0.2) is 0 Å². The Labute approximate surface area is 118 Å². The van der Waals surface area contributed by atoms with Crippen molar-refractivity contribution in [2.75, 3.05) is 11.9 Å². The molecule has 2 N–H and O–H groups in total. The Hall–Kier alpha value is -2.14. The fourth-order valence-electron chi connectivity index (χ4n) is 2.67. The van der Waals surface area contributed by atoms with Gasteiger partial charge in [0, 0.05) is 19.8 Å². The second kappa shape index (κ2) is 5.09. The summed E-state index contributed by atoms with van der Waals surface area (Å²) in [6.07, 6.45) is 2.79. The molecule has 0 saturated heterocycles. The van der Waals surface area contributed by atoms with Crippen LogP contribution in [0.1, 0.15) is 22.9 Å². The maximum atomic E-state index is 12.5. The Morgan fingerprint density at radius 3 is 3.00 bits per heavy atom. The molecular formula is C15H18N4O. The number of carbonyl (C=O) groups excluding carboxylic acids is 1. The molecule has 1 aliphatic rings. The first-order chi connectivity index (χ1) is 9.65. The predicted octanol–water partition coefficient (Wildman–Crippen LogP) is 1.55. The van der Waals surface area contributed by atoms with E-state index < -0.39 is 0 Å². The molecule has 0 fully saturated rings. The SMILES string of the molecule is Cc1nn(C)cc1NC(=O)C1NCCc2ccccc21. The maximum Gasteiger partial charge on any atom is 0.246 e. The number of aromatic nitrogens is 2. The summed E-state index contributed by atoms with van der Waals surface area (Å²) < 4.78 is 1.70. The Morgan fingerprint density at radius 2 is 2.25 bits per heavy atom. The number of hydrogen-bond donors (Lipinski definition) is 2. The number of fused-ring (bicyclic) bond motifs is 1. The highest BCUT2D eigenvalue weighted by Crippen LogP contribution is 2.24. The van der Waals surface area contributed by atoms with E-state index in [9.17, 15) is 4.79 Å². The molecule has 0 spiro atoms. The number of nitrogens with one attached hydrogen (secondary N) is 2. The number of nitrogens with zero attached hydrogens (tertiary/aromatic N) is 2. The molecular weight excluding hydrogens is 252 g/mol. The van der Waals surface area contributed by atoms with Crippen molar-refractivity contribution in [3.63, 3.8) is 0 Å². The molecule has 2 heterocycles. The highest BCUT2D eigenvalue weighted by Gasteiger charge is 2.26. The van der Waals surface area contributed by atoms with Gasteiger partial charge in [-0.2, -0.15) is 5.10 Å². The number of aryl methyl sites for hydroxylation is 2. The lowest BCUT2D eigenvalue weighted by Crippen LogP contribution is -2.38. The molecule has 1 unspecified atom stereocenters. The average molecular weight is 270 g/mol. The Bertz CT molecular complexity index is 647. The van der Waals surface area contributed by atoms with Crippen LogP contribution >= 0.6 is 0 Å². The molecule has 0 radical (unpaired) electrons. The zero-order valence-electron chi connectivity index (χ0n) is 11.7. The van der Waals surface area contributed by atoms with Crippen molar-refractivity contribution < 1.29 is 4.79 Å². The summed E-state index contributed by atoms with van der Waals surface area (Å²) in [7, 11) is 1.84. The Kier molecular flexibility index (Phi) is 3.28. The fourth-order valence-corrected chi connectivity index (χ4v) is 2.67. The summed E-state index contributed by atoms with van der Waals surface area (Å²) >= 11 is 0. The van der Waals surface area contributed by atoms with Crippen molar-refractivity contribution in [2.45, 2.75) is 19.4 Å². The van der Waals surface area contributed by atoms with Crippen molar-refractivity contribution in [3.8, 4) is 0 Å². The lowest BCUT2D eigenvalue weighted by molar-refractivity contribution is -0.118. The van der Waals surface area contributed by atoms with E-state index in [4.69, 9.17) is 0 Å². The minimum Gasteiger partial charge on any atom is -0.322 e. The van der Waals surface area contributed by atoms with Crippen LogP contribution in [0.3, 0.4) is 0 Å². The number of rotatable bonds is 2. The quantitative estimate of drug-likeness (QED) is 0.870. The van der Waals surface area contributed by atoms with Gasteiger partial charge in [-0.15, -0.1) is 0 Å². The zero-order valence-corrected chi connectivity index (χ0v) is 11.7. The van der Waals surface area contributed by atoms with Gasteiger partial charge in [-0.05, 0) is 24.5 Å². The molecule has 1 aromatic carbocycles. The molecule has 2 aromatic rings. The summed E-state index contributed by atoms with van der Waals surface area (Å²) in [5.41, 5.74) is 3.90. The van der Waals surface area contributed by atoms with Crippen LogP contribution in [-0.4, -0.2) is 22.2 Å². The topological polar surface area (TPSA) is 59.0 Å². The summed E-state index contributed by atoms with van der Waals surface area (Å²) in [5.74, 6) is -0.0340. The first-order valence-electron chi connectivity index (χ1n) is 6.77. The van der Waals surface area contributed by atoms with Gasteiger partial charge in [0.05, 0.1) is 11.4 Å². The van der Waals surface area contributed by atoms with Crippen LogP contribution in [0.5, 0.6) is 0 Å². The molecule has 20 heavy (non-hydrogen) atoms. The van der Waals surface area contributed by atoms with Gasteiger partial charge in [0.1, 0.15) is 6.04 Å². The van der Waals surface area contributed by atoms with Gasteiger partial charge in [-0.3, -0.25) is 9.48 Å². The summed E-state index contributed by atoms with van der Waals surface area (Å²) in [6, 6.07) is 7.80. The lowest BCUT2D eigenvalue weighted by Gasteiger charge is -2.25. The van der Waals surface area contributed by atoms with E-state index in [1.165, 1.54) is 5.56 Å². The minimum atomic E-state index is -0.292. The monoisotopic (exact) mass is 270 g/mol. The van der Waals surface area contributed by atoms with E-state index in [1.807, 2.05) is 38.4 Å². The van der Waals surface area contributed by atoms with E-state index in [2.05, 4.69) is 21.8 Å². The van der Waals surface area contributed by atoms with Crippen molar-refractivity contribution in [1.82, 2.24) is 15.1 Å². The van der Waals surface area contributed by atoms with Gasteiger partial charge in [-0.1, -0.05) is 24.3 Å². The second-order valence-electron chi connectivity index (χ2n) is 5.13. The standard InChI is InChI=1S/C15H18N4O/c1-10-13(9-19(2)18-10)17-15(20)14-12-6-4-3-5-11(12)7-8-16-14/h3-6,9,14,16H,7-8H2,1-2H3,(H,17,20). The number of carbonyl (C=O) groups is 1. The summed E-state index contributed by atoms with van der Waals surface area (Å²) in [6.45, 7) is 2.71. The molecule has 1 aromatic heterocycles. The molecule has 104 valence electrons. The van der Waals surface area contributed by atoms with E-state index in [0.29, 0.717) is 0 Å². The van der Waals surface area contributed by atoms with Crippen molar-refractivity contribution in [1.29, 1.82) is 0 Å². The third-order valence-electron chi connectivity index (χ3n) is 3.64. The van der Waals surface area contributed by atoms with Gasteiger partial charge >= 0.3 is 0 Å². The normalized spacial score (nSPS) is 17.6. The first-order valence-corrected chi connectivity index (χ1v) is 6.77. The summed E-state index contributed by atoms with van der Waals surface area (Å²) in [5, 5.41) is 10.5. The van der Waals surface area contributed by atoms with Crippen LogP contribution in [-0.2, 0) is 18.3 Å². The van der Waals surface area contributed by atoms with Crippen LogP contribution < -0.4 is 10.6 Å². The van der Waals surface area contributed by atoms with Crippen LogP contribution in [0.2, 0.25) is 0 Å². The van der Waals surface area contributed by atoms with Crippen molar-refractivity contribution in [3.05, 3.63) is 47.3 Å². The first kappa shape index (κ1) is 12.9. The molecule has 1 atom stereocenters. The van der Waals surface area contributed by atoms with Crippen molar-refractivity contribution in [2.24, 2.45) is 7.05 Å². The molecule has 1 aliphatic heterocycles. The number of amides is 1. The van der Waals surface area contributed by atoms with E-state index >= 15 is 0 Å². The van der Waals surface area contributed by atoms with Gasteiger partial charge in [0.15, 0.2) is 0 Å². The van der Waals surface area contributed by atoms with Crippen LogP contribution in [0, 0.1) is 6.92 Å². The van der Waals surface area contributed by atoms with Crippen LogP contribution in [0.4, 0.5) is 5.69 Å². The lowest BCUT2D eigenvalue weighted by atomic mass is 9.94. The van der Waals surface area contributed by atoms with E-state index in [-0.39, 0.29) is 11.9 Å². The Morgan fingerprint density at radius 1 is 1.45 bits per heavy atom. The number of anilines is 1. The molecule has 0 aliphatic carbocycles. The third-order valence-corrected chi connectivity index (χ3v) is 3.64. The van der Waals surface area contributed by atoms with Crippen LogP contribution in [0.25, 0.3) is 0 Å². The van der Waals surface area contributed by atoms with Crippen LogP contribution in [0.15, 0.2) is 30.5 Å². The number of benzene rings is 1. The molecule has 0 bridgehead atoms. The highest BCUT2D eigenvalue weighted by molar-refractivity contribution is 5.96. The molecule has 3 rings (SSSR count). The van der Waals surface area contributed by atoms with Crippen molar-refractivity contribution >= 4 is 11.6 Å². The van der Waals surface area contributed by atoms with E-state index in [1.54, 1.807) is 4.68 Å². The summed E-state index contributed by atoms with van der Waals surface area (Å²) in [4.78, 5) is 12.5. The zero-order chi connectivity index (χ0) is 14.1. The maximum absolute atomic E-state index is 12.5. The van der Waals surface area contributed by atoms with E-state index in [0.717, 1.165) is 29.9 Å². The Balaban J connectivity index is 1.83. The predicted molar refractivity (Wildman–Crippen MR) is 77.5 cm³/mol. The molecule has 5 nitrogen and oxygen atoms in total. The molecule has 5 heteroatoms. The second-order valence-corrected chi connectivity index (χ2v) is 5.13.